The Balaban J connectivity index is 1.77. The molecule has 0 bridgehead atoms. The van der Waals surface area contributed by atoms with Crippen LogP contribution in [-0.4, -0.2) is 32.4 Å². The topological polar surface area (TPSA) is 48.1 Å². The minimum atomic E-state index is -0.184. The molecule has 1 saturated heterocycles. The molecular formula is C13H16O4. The quantitative estimate of drug-likeness (QED) is 0.555. The van der Waals surface area contributed by atoms with Crippen LogP contribution in [0.25, 0.3) is 0 Å². The summed E-state index contributed by atoms with van der Waals surface area (Å²) in [4.78, 5) is 11.0. The number of aryl methyl sites for hydroxylation is 1. The van der Waals surface area contributed by atoms with Crippen LogP contribution in [-0.2, 0) is 20.7 Å². The highest BCUT2D eigenvalue weighted by Gasteiger charge is 2.22. The van der Waals surface area contributed by atoms with E-state index in [4.69, 9.17) is 9.47 Å². The van der Waals surface area contributed by atoms with Gasteiger partial charge in [0.05, 0.1) is 13.7 Å². The molecule has 1 heterocycles. The monoisotopic (exact) mass is 236 g/mol. The summed E-state index contributed by atoms with van der Waals surface area (Å²) in [7, 11) is 1.40. The van der Waals surface area contributed by atoms with Crippen LogP contribution in [0.5, 0.6) is 5.75 Å². The number of esters is 1. The Morgan fingerprint density at radius 1 is 1.41 bits per heavy atom. The Hall–Kier alpha value is -1.55. The molecule has 4 nitrogen and oxygen atoms in total. The van der Waals surface area contributed by atoms with Crippen LogP contribution in [0.1, 0.15) is 12.0 Å². The van der Waals surface area contributed by atoms with Crippen molar-refractivity contribution in [1.29, 1.82) is 0 Å². The fourth-order valence-corrected chi connectivity index (χ4v) is 1.45. The number of hydrogen-bond acceptors (Lipinski definition) is 4. The molecule has 0 aliphatic carbocycles. The van der Waals surface area contributed by atoms with E-state index in [1.54, 1.807) is 0 Å². The molecule has 0 spiro atoms. The van der Waals surface area contributed by atoms with Crippen molar-refractivity contribution in [2.24, 2.45) is 0 Å². The van der Waals surface area contributed by atoms with Gasteiger partial charge in [0, 0.05) is 6.42 Å². The van der Waals surface area contributed by atoms with Gasteiger partial charge in [-0.05, 0) is 24.1 Å². The summed E-state index contributed by atoms with van der Waals surface area (Å²) in [5, 5.41) is 0. The number of carbonyl (C=O) groups excluding carboxylic acids is 1. The summed E-state index contributed by atoms with van der Waals surface area (Å²) >= 11 is 0. The molecule has 0 aromatic heterocycles. The second-order valence-electron chi connectivity index (χ2n) is 3.99. The van der Waals surface area contributed by atoms with Crippen molar-refractivity contribution < 1.29 is 19.0 Å². The fraction of sp³-hybridized carbons (Fsp3) is 0.462. The van der Waals surface area contributed by atoms with E-state index in [1.807, 2.05) is 24.3 Å². The average molecular weight is 236 g/mol. The Morgan fingerprint density at radius 3 is 2.71 bits per heavy atom. The minimum Gasteiger partial charge on any atom is -0.491 e. The van der Waals surface area contributed by atoms with E-state index in [9.17, 15) is 4.79 Å². The normalized spacial score (nSPS) is 17.6. The first-order valence-corrected chi connectivity index (χ1v) is 5.68. The van der Waals surface area contributed by atoms with E-state index < -0.39 is 0 Å². The van der Waals surface area contributed by atoms with Gasteiger partial charge < -0.3 is 14.2 Å². The first-order chi connectivity index (χ1) is 8.28. The van der Waals surface area contributed by atoms with Crippen LogP contribution in [0.4, 0.5) is 0 Å². The zero-order valence-corrected chi connectivity index (χ0v) is 9.85. The Bertz CT molecular complexity index is 368. The van der Waals surface area contributed by atoms with Gasteiger partial charge in [0.25, 0.3) is 0 Å². The number of hydrogen-bond donors (Lipinski definition) is 0. The summed E-state index contributed by atoms with van der Waals surface area (Å²) < 4.78 is 15.2. The van der Waals surface area contributed by atoms with Gasteiger partial charge in [0.15, 0.2) is 0 Å². The zero-order valence-electron chi connectivity index (χ0n) is 9.85. The second-order valence-corrected chi connectivity index (χ2v) is 3.99. The standard InChI is InChI=1S/C13H16O4/c1-15-13(14)7-4-10-2-5-11(6-3-10)16-8-12-9-17-12/h2-3,5-6,12H,4,7-9H2,1H3/t12-/m1/s1. The van der Waals surface area contributed by atoms with Gasteiger partial charge in [0.1, 0.15) is 18.5 Å². The maximum atomic E-state index is 11.0. The Kier molecular flexibility index (Phi) is 3.98. The number of carbonyl (C=O) groups is 1. The van der Waals surface area contributed by atoms with Crippen molar-refractivity contribution >= 4 is 5.97 Å². The summed E-state index contributed by atoms with van der Waals surface area (Å²) in [5.74, 6) is 0.651. The van der Waals surface area contributed by atoms with Crippen molar-refractivity contribution in [2.75, 3.05) is 20.3 Å². The third-order valence-corrected chi connectivity index (χ3v) is 2.61. The number of benzene rings is 1. The largest absolute Gasteiger partial charge is 0.491 e. The summed E-state index contributed by atoms with van der Waals surface area (Å²) in [6, 6.07) is 7.75. The number of epoxide rings is 1. The van der Waals surface area contributed by atoms with E-state index >= 15 is 0 Å². The molecule has 0 unspecified atom stereocenters. The van der Waals surface area contributed by atoms with Gasteiger partial charge in [0.2, 0.25) is 0 Å². The van der Waals surface area contributed by atoms with Crippen LogP contribution in [0.2, 0.25) is 0 Å². The molecule has 1 aromatic carbocycles. The molecule has 1 fully saturated rings. The molecule has 92 valence electrons. The Morgan fingerprint density at radius 2 is 2.12 bits per heavy atom. The van der Waals surface area contributed by atoms with E-state index in [-0.39, 0.29) is 12.1 Å². The van der Waals surface area contributed by atoms with Crippen LogP contribution in [0, 0.1) is 0 Å². The van der Waals surface area contributed by atoms with Gasteiger partial charge in [-0.1, -0.05) is 12.1 Å². The third kappa shape index (κ3) is 4.07. The third-order valence-electron chi connectivity index (χ3n) is 2.61. The van der Waals surface area contributed by atoms with Crippen molar-refractivity contribution in [3.63, 3.8) is 0 Å². The summed E-state index contributed by atoms with van der Waals surface area (Å²) in [6.07, 6.45) is 1.37. The predicted octanol–water partition coefficient (Wildman–Crippen LogP) is 1.57. The molecule has 0 amide bonds. The predicted molar refractivity (Wildman–Crippen MR) is 62.0 cm³/mol. The van der Waals surface area contributed by atoms with Crippen molar-refractivity contribution in [2.45, 2.75) is 18.9 Å². The van der Waals surface area contributed by atoms with E-state index in [2.05, 4.69) is 4.74 Å². The average Bonchev–Trinajstić information content (AvgIpc) is 3.18. The minimum absolute atomic E-state index is 0.184. The molecule has 1 atom stereocenters. The molecule has 1 aliphatic heterocycles. The SMILES string of the molecule is COC(=O)CCc1ccc(OC[C@@H]2CO2)cc1. The highest BCUT2D eigenvalue weighted by molar-refractivity contribution is 5.69. The summed E-state index contributed by atoms with van der Waals surface area (Å²) in [6.45, 7) is 1.42. The number of ether oxygens (including phenoxy) is 3. The fourth-order valence-electron chi connectivity index (χ4n) is 1.45. The van der Waals surface area contributed by atoms with E-state index in [0.29, 0.717) is 19.4 Å². The van der Waals surface area contributed by atoms with Gasteiger partial charge in [-0.15, -0.1) is 0 Å². The molecule has 1 aromatic rings. The number of rotatable bonds is 6. The smallest absolute Gasteiger partial charge is 0.305 e. The van der Waals surface area contributed by atoms with Gasteiger partial charge in [-0.2, -0.15) is 0 Å². The maximum Gasteiger partial charge on any atom is 0.305 e. The van der Waals surface area contributed by atoms with E-state index in [0.717, 1.165) is 17.9 Å². The van der Waals surface area contributed by atoms with Gasteiger partial charge >= 0.3 is 5.97 Å². The van der Waals surface area contributed by atoms with Crippen molar-refractivity contribution in [3.8, 4) is 5.75 Å². The molecule has 4 heteroatoms. The lowest BCUT2D eigenvalue weighted by molar-refractivity contribution is -0.140. The van der Waals surface area contributed by atoms with Crippen LogP contribution in [0.3, 0.4) is 0 Å². The molecule has 0 radical (unpaired) electrons. The zero-order chi connectivity index (χ0) is 12.1. The van der Waals surface area contributed by atoms with Crippen LogP contribution >= 0.6 is 0 Å². The van der Waals surface area contributed by atoms with Gasteiger partial charge in [-0.3, -0.25) is 4.79 Å². The molecule has 2 rings (SSSR count). The van der Waals surface area contributed by atoms with Gasteiger partial charge in [-0.25, -0.2) is 0 Å². The van der Waals surface area contributed by atoms with Crippen LogP contribution in [0.15, 0.2) is 24.3 Å². The lowest BCUT2D eigenvalue weighted by Crippen LogP contribution is -2.04. The molecule has 0 N–H and O–H groups in total. The van der Waals surface area contributed by atoms with E-state index in [1.165, 1.54) is 7.11 Å². The highest BCUT2D eigenvalue weighted by atomic mass is 16.6. The highest BCUT2D eigenvalue weighted by Crippen LogP contribution is 2.16. The summed E-state index contributed by atoms with van der Waals surface area (Å²) in [5.41, 5.74) is 1.10. The van der Waals surface area contributed by atoms with Crippen LogP contribution < -0.4 is 4.74 Å². The molecule has 17 heavy (non-hydrogen) atoms. The Labute approximate surface area is 100 Å². The molecule has 0 saturated carbocycles. The number of methoxy groups -OCH3 is 1. The lowest BCUT2D eigenvalue weighted by Gasteiger charge is -2.05. The molecule has 1 aliphatic rings. The maximum absolute atomic E-state index is 11.0. The molecular weight excluding hydrogens is 220 g/mol. The lowest BCUT2D eigenvalue weighted by atomic mass is 10.1. The van der Waals surface area contributed by atoms with Crippen molar-refractivity contribution in [1.82, 2.24) is 0 Å². The second kappa shape index (κ2) is 5.68. The van der Waals surface area contributed by atoms with Crippen molar-refractivity contribution in [3.05, 3.63) is 29.8 Å². The first kappa shape index (κ1) is 11.9. The first-order valence-electron chi connectivity index (χ1n) is 5.68.